The topological polar surface area (TPSA) is 44.8 Å². The predicted molar refractivity (Wildman–Crippen MR) is 92.2 cm³/mol. The molecule has 2 aromatic rings. The van der Waals surface area contributed by atoms with E-state index < -0.39 is 0 Å². The highest BCUT2D eigenvalue weighted by Crippen LogP contribution is 2.17. The maximum atomic E-state index is 12.3. The lowest BCUT2D eigenvalue weighted by Gasteiger charge is -2.08. The molecule has 23 heavy (non-hydrogen) atoms. The first-order valence-corrected chi connectivity index (χ1v) is 8.10. The largest absolute Gasteiger partial charge is 0.491 e. The Morgan fingerprint density at radius 3 is 2.04 bits per heavy atom. The fraction of sp³-hybridized carbons (Fsp3) is 0.278. The lowest BCUT2D eigenvalue weighted by molar-refractivity contribution is 0.0544. The van der Waals surface area contributed by atoms with Gasteiger partial charge in [0, 0.05) is 22.7 Å². The van der Waals surface area contributed by atoms with Gasteiger partial charge in [-0.1, -0.05) is 15.9 Å². The molecular formula is C18H19BrO4. The van der Waals surface area contributed by atoms with Crippen LogP contribution in [0.25, 0.3) is 0 Å². The minimum Gasteiger partial charge on any atom is -0.491 e. The van der Waals surface area contributed by atoms with Gasteiger partial charge in [-0.15, -0.1) is 0 Å². The minimum atomic E-state index is -0.00745. The van der Waals surface area contributed by atoms with E-state index in [1.165, 1.54) is 0 Å². The van der Waals surface area contributed by atoms with E-state index in [0.29, 0.717) is 43.3 Å². The zero-order valence-electron chi connectivity index (χ0n) is 13.0. The highest BCUT2D eigenvalue weighted by Gasteiger charge is 2.08. The maximum absolute atomic E-state index is 12.3. The van der Waals surface area contributed by atoms with Crippen molar-refractivity contribution >= 4 is 21.7 Å². The second kappa shape index (κ2) is 9.45. The molecule has 0 N–H and O–H groups in total. The van der Waals surface area contributed by atoms with Crippen LogP contribution in [0.4, 0.5) is 0 Å². The van der Waals surface area contributed by atoms with Crippen molar-refractivity contribution in [2.24, 2.45) is 0 Å². The SMILES string of the molecule is COCCOCCOc1ccc(C(=O)c2ccc(Br)cc2)cc1. The normalized spacial score (nSPS) is 10.5. The molecule has 5 heteroatoms. The van der Waals surface area contributed by atoms with E-state index in [-0.39, 0.29) is 5.78 Å². The van der Waals surface area contributed by atoms with Gasteiger partial charge in [-0.25, -0.2) is 0 Å². The van der Waals surface area contributed by atoms with Gasteiger partial charge in [-0.2, -0.15) is 0 Å². The molecule has 2 aromatic carbocycles. The van der Waals surface area contributed by atoms with Crippen LogP contribution in [-0.2, 0) is 9.47 Å². The first kappa shape index (κ1) is 17.7. The third-order valence-corrected chi connectivity index (χ3v) is 3.68. The van der Waals surface area contributed by atoms with Gasteiger partial charge in [0.2, 0.25) is 0 Å². The molecule has 4 nitrogen and oxygen atoms in total. The Labute approximate surface area is 144 Å². The molecule has 0 spiro atoms. The average Bonchev–Trinajstić information content (AvgIpc) is 2.58. The Morgan fingerprint density at radius 2 is 1.43 bits per heavy atom. The second-order valence-corrected chi connectivity index (χ2v) is 5.73. The van der Waals surface area contributed by atoms with Crippen molar-refractivity contribution in [3.63, 3.8) is 0 Å². The third kappa shape index (κ3) is 5.78. The number of hydrogen-bond acceptors (Lipinski definition) is 4. The Kier molecular flexibility index (Phi) is 7.26. The molecule has 0 saturated carbocycles. The van der Waals surface area contributed by atoms with Gasteiger partial charge in [0.15, 0.2) is 5.78 Å². The fourth-order valence-electron chi connectivity index (χ4n) is 1.93. The molecule has 0 bridgehead atoms. The van der Waals surface area contributed by atoms with Crippen LogP contribution in [0.5, 0.6) is 5.75 Å². The fourth-order valence-corrected chi connectivity index (χ4v) is 2.20. The van der Waals surface area contributed by atoms with Crippen molar-refractivity contribution in [2.45, 2.75) is 0 Å². The zero-order chi connectivity index (χ0) is 16.5. The number of carbonyl (C=O) groups excluding carboxylic acids is 1. The van der Waals surface area contributed by atoms with Gasteiger partial charge in [0.25, 0.3) is 0 Å². The Morgan fingerprint density at radius 1 is 0.870 bits per heavy atom. The molecule has 0 aliphatic carbocycles. The van der Waals surface area contributed by atoms with Crippen LogP contribution in [0.1, 0.15) is 15.9 Å². The average molecular weight is 379 g/mol. The van der Waals surface area contributed by atoms with E-state index in [1.807, 2.05) is 12.1 Å². The van der Waals surface area contributed by atoms with E-state index in [0.717, 1.165) is 4.47 Å². The number of hydrogen-bond donors (Lipinski definition) is 0. The molecule has 0 amide bonds. The van der Waals surface area contributed by atoms with Crippen molar-refractivity contribution in [2.75, 3.05) is 33.5 Å². The minimum absolute atomic E-state index is 0.00745. The predicted octanol–water partition coefficient (Wildman–Crippen LogP) is 3.72. The number of benzene rings is 2. The van der Waals surface area contributed by atoms with Crippen molar-refractivity contribution in [3.05, 3.63) is 64.1 Å². The van der Waals surface area contributed by atoms with Crippen LogP contribution in [0, 0.1) is 0 Å². The molecule has 0 aliphatic rings. The van der Waals surface area contributed by atoms with Gasteiger partial charge in [-0.3, -0.25) is 4.79 Å². The molecule has 0 unspecified atom stereocenters. The summed E-state index contributed by atoms with van der Waals surface area (Å²) >= 11 is 3.36. The number of rotatable bonds is 9. The summed E-state index contributed by atoms with van der Waals surface area (Å²) in [5, 5.41) is 0. The summed E-state index contributed by atoms with van der Waals surface area (Å²) in [5.41, 5.74) is 1.30. The third-order valence-electron chi connectivity index (χ3n) is 3.15. The van der Waals surface area contributed by atoms with Crippen LogP contribution in [0.2, 0.25) is 0 Å². The lowest BCUT2D eigenvalue weighted by atomic mass is 10.0. The molecule has 0 aliphatic heterocycles. The Balaban J connectivity index is 1.84. The summed E-state index contributed by atoms with van der Waals surface area (Å²) in [4.78, 5) is 12.3. The van der Waals surface area contributed by atoms with Crippen molar-refractivity contribution < 1.29 is 19.0 Å². The van der Waals surface area contributed by atoms with E-state index in [2.05, 4.69) is 15.9 Å². The molecule has 0 saturated heterocycles. The first-order chi connectivity index (χ1) is 11.2. The highest BCUT2D eigenvalue weighted by atomic mass is 79.9. The van der Waals surface area contributed by atoms with Gasteiger partial charge in [-0.05, 0) is 48.5 Å². The van der Waals surface area contributed by atoms with Crippen molar-refractivity contribution in [1.29, 1.82) is 0 Å². The summed E-state index contributed by atoms with van der Waals surface area (Å²) in [7, 11) is 1.64. The van der Waals surface area contributed by atoms with Crippen LogP contribution in [-0.4, -0.2) is 39.3 Å². The van der Waals surface area contributed by atoms with E-state index in [4.69, 9.17) is 14.2 Å². The number of halogens is 1. The summed E-state index contributed by atoms with van der Waals surface area (Å²) in [6.45, 7) is 2.10. The second-order valence-electron chi connectivity index (χ2n) is 4.81. The molecule has 122 valence electrons. The smallest absolute Gasteiger partial charge is 0.193 e. The van der Waals surface area contributed by atoms with Crippen molar-refractivity contribution in [3.8, 4) is 5.75 Å². The summed E-state index contributed by atoms with van der Waals surface area (Å²) in [5.74, 6) is 0.708. The van der Waals surface area contributed by atoms with Gasteiger partial charge in [0.1, 0.15) is 12.4 Å². The van der Waals surface area contributed by atoms with Crippen LogP contribution in [0.3, 0.4) is 0 Å². The van der Waals surface area contributed by atoms with Crippen LogP contribution < -0.4 is 4.74 Å². The van der Waals surface area contributed by atoms with Gasteiger partial charge < -0.3 is 14.2 Å². The summed E-state index contributed by atoms with van der Waals surface area (Å²) in [6, 6.07) is 14.4. The molecule has 0 fully saturated rings. The monoisotopic (exact) mass is 378 g/mol. The molecule has 2 rings (SSSR count). The van der Waals surface area contributed by atoms with E-state index in [9.17, 15) is 4.79 Å². The quantitative estimate of drug-likeness (QED) is 0.492. The standard InChI is InChI=1S/C18H19BrO4/c1-21-10-11-22-12-13-23-17-8-4-15(5-9-17)18(20)14-2-6-16(19)7-3-14/h2-9H,10-13H2,1H3. The summed E-state index contributed by atoms with van der Waals surface area (Å²) < 4.78 is 16.7. The molecule has 0 aromatic heterocycles. The number of carbonyl (C=O) groups is 1. The maximum Gasteiger partial charge on any atom is 0.193 e. The highest BCUT2D eigenvalue weighted by molar-refractivity contribution is 9.10. The molecule has 0 heterocycles. The lowest BCUT2D eigenvalue weighted by Crippen LogP contribution is -2.10. The number of methoxy groups -OCH3 is 1. The van der Waals surface area contributed by atoms with E-state index >= 15 is 0 Å². The molecule has 0 atom stereocenters. The zero-order valence-corrected chi connectivity index (χ0v) is 14.5. The Bertz CT molecular complexity index is 608. The molecular weight excluding hydrogens is 360 g/mol. The molecule has 0 radical (unpaired) electrons. The van der Waals surface area contributed by atoms with Crippen LogP contribution >= 0.6 is 15.9 Å². The van der Waals surface area contributed by atoms with E-state index in [1.54, 1.807) is 43.5 Å². The number of ether oxygens (including phenoxy) is 3. The van der Waals surface area contributed by atoms with Gasteiger partial charge >= 0.3 is 0 Å². The summed E-state index contributed by atoms with van der Waals surface area (Å²) in [6.07, 6.45) is 0. The number of ketones is 1. The van der Waals surface area contributed by atoms with Gasteiger partial charge in [0.05, 0.1) is 19.8 Å². The first-order valence-electron chi connectivity index (χ1n) is 7.30. The Hall–Kier alpha value is -1.69. The van der Waals surface area contributed by atoms with Crippen LogP contribution in [0.15, 0.2) is 53.0 Å². The van der Waals surface area contributed by atoms with Crippen molar-refractivity contribution in [1.82, 2.24) is 0 Å².